The molecular formula is C15H13N3OS. The molecule has 0 saturated carbocycles. The zero-order valence-corrected chi connectivity index (χ0v) is 12.1. The first kappa shape index (κ1) is 12.7. The number of aryl methyl sites for hydroxylation is 1. The van der Waals surface area contributed by atoms with E-state index in [0.717, 1.165) is 33.2 Å². The molecule has 4 nitrogen and oxygen atoms in total. The molecule has 5 heteroatoms. The Morgan fingerprint density at radius 3 is 3.00 bits per heavy atom. The molecule has 3 rings (SSSR count). The van der Waals surface area contributed by atoms with Gasteiger partial charge in [-0.25, -0.2) is 4.98 Å². The van der Waals surface area contributed by atoms with Gasteiger partial charge in [0.1, 0.15) is 5.75 Å². The fourth-order valence-electron chi connectivity index (χ4n) is 2.31. The zero-order valence-electron chi connectivity index (χ0n) is 11.3. The quantitative estimate of drug-likeness (QED) is 0.739. The van der Waals surface area contributed by atoms with Crippen LogP contribution in [-0.2, 0) is 6.42 Å². The number of hydrogen-bond donors (Lipinski definition) is 0. The summed E-state index contributed by atoms with van der Waals surface area (Å²) >= 11 is 1.58. The van der Waals surface area contributed by atoms with Gasteiger partial charge >= 0.3 is 0 Å². The van der Waals surface area contributed by atoms with Crippen LogP contribution in [0.25, 0.3) is 16.2 Å². The van der Waals surface area contributed by atoms with Gasteiger partial charge in [-0.2, -0.15) is 5.26 Å². The number of rotatable bonds is 3. The summed E-state index contributed by atoms with van der Waals surface area (Å²) in [7, 11) is 1.67. The van der Waals surface area contributed by atoms with Gasteiger partial charge in [0, 0.05) is 5.38 Å². The molecule has 0 aliphatic heterocycles. The molecule has 0 aliphatic carbocycles. The molecule has 2 aromatic heterocycles. The molecule has 20 heavy (non-hydrogen) atoms. The molecule has 0 N–H and O–H groups in total. The summed E-state index contributed by atoms with van der Waals surface area (Å²) in [4.78, 5) is 5.26. The molecule has 1 aromatic carbocycles. The average molecular weight is 283 g/mol. The van der Waals surface area contributed by atoms with E-state index < -0.39 is 0 Å². The maximum atomic E-state index is 8.90. The second-order valence-electron chi connectivity index (χ2n) is 4.51. The monoisotopic (exact) mass is 283 g/mol. The van der Waals surface area contributed by atoms with Crippen LogP contribution in [0.15, 0.2) is 29.8 Å². The number of methoxy groups -OCH3 is 1. The Morgan fingerprint density at radius 1 is 1.45 bits per heavy atom. The summed E-state index contributed by atoms with van der Waals surface area (Å²) in [6, 6.07) is 8.28. The highest BCUT2D eigenvalue weighted by molar-refractivity contribution is 7.15. The minimum absolute atomic E-state index is 0.361. The number of imidazole rings is 1. The van der Waals surface area contributed by atoms with Crippen molar-refractivity contribution in [3.63, 3.8) is 0 Å². The van der Waals surface area contributed by atoms with Gasteiger partial charge in [0.2, 0.25) is 0 Å². The standard InChI is InChI=1S/C15H13N3OS/c1-10-7-11(3-4-14(10)19-2)13-9-20-15-17-8-12(5-6-16)18(13)15/h3-4,7-9H,5H2,1-2H3. The van der Waals surface area contributed by atoms with Crippen molar-refractivity contribution in [1.82, 2.24) is 9.38 Å². The summed E-state index contributed by atoms with van der Waals surface area (Å²) in [6.07, 6.45) is 2.13. The van der Waals surface area contributed by atoms with E-state index in [2.05, 4.69) is 26.9 Å². The summed E-state index contributed by atoms with van der Waals surface area (Å²) in [5.74, 6) is 0.878. The van der Waals surface area contributed by atoms with Crippen LogP contribution < -0.4 is 4.74 Å². The molecule has 0 aliphatic rings. The molecular weight excluding hydrogens is 270 g/mol. The van der Waals surface area contributed by atoms with E-state index in [4.69, 9.17) is 10.00 Å². The van der Waals surface area contributed by atoms with Gasteiger partial charge in [-0.15, -0.1) is 11.3 Å². The third-order valence-corrected chi connectivity index (χ3v) is 4.11. The molecule has 3 aromatic rings. The minimum atomic E-state index is 0.361. The lowest BCUT2D eigenvalue weighted by atomic mass is 10.1. The lowest BCUT2D eigenvalue weighted by Gasteiger charge is -2.07. The highest BCUT2D eigenvalue weighted by atomic mass is 32.1. The highest BCUT2D eigenvalue weighted by Crippen LogP contribution is 2.30. The second-order valence-corrected chi connectivity index (χ2v) is 5.34. The Hall–Kier alpha value is -2.32. The smallest absolute Gasteiger partial charge is 0.194 e. The number of ether oxygens (including phenoxy) is 1. The number of nitrogens with zero attached hydrogens (tertiary/aromatic N) is 3. The lowest BCUT2D eigenvalue weighted by molar-refractivity contribution is 0.412. The fraction of sp³-hybridized carbons (Fsp3) is 0.200. The summed E-state index contributed by atoms with van der Waals surface area (Å²) in [5.41, 5.74) is 4.18. The molecule has 0 radical (unpaired) electrons. The largest absolute Gasteiger partial charge is 0.496 e. The third kappa shape index (κ3) is 1.95. The normalized spacial score (nSPS) is 10.7. The van der Waals surface area contributed by atoms with Crippen LogP contribution in [0.5, 0.6) is 5.75 Å². The number of thiazole rings is 1. The zero-order chi connectivity index (χ0) is 14.1. The van der Waals surface area contributed by atoms with Gasteiger partial charge in [0.25, 0.3) is 0 Å². The van der Waals surface area contributed by atoms with Crippen LogP contribution in [0, 0.1) is 18.3 Å². The van der Waals surface area contributed by atoms with E-state index >= 15 is 0 Å². The SMILES string of the molecule is COc1ccc(-c2csc3ncc(CC#N)n23)cc1C. The van der Waals surface area contributed by atoms with Crippen LogP contribution in [0.3, 0.4) is 0 Å². The number of nitriles is 1. The van der Waals surface area contributed by atoms with Crippen molar-refractivity contribution in [3.8, 4) is 23.1 Å². The van der Waals surface area contributed by atoms with Gasteiger partial charge < -0.3 is 4.74 Å². The van der Waals surface area contributed by atoms with Crippen molar-refractivity contribution in [2.24, 2.45) is 0 Å². The topological polar surface area (TPSA) is 50.3 Å². The van der Waals surface area contributed by atoms with Crippen molar-refractivity contribution < 1.29 is 4.74 Å². The summed E-state index contributed by atoms with van der Waals surface area (Å²) in [5, 5.41) is 11.0. The van der Waals surface area contributed by atoms with Crippen LogP contribution in [-0.4, -0.2) is 16.5 Å². The van der Waals surface area contributed by atoms with E-state index in [1.165, 1.54) is 0 Å². The van der Waals surface area contributed by atoms with Gasteiger partial charge in [0.05, 0.1) is 37.2 Å². The maximum Gasteiger partial charge on any atom is 0.194 e. The number of fused-ring (bicyclic) bond motifs is 1. The van der Waals surface area contributed by atoms with E-state index in [9.17, 15) is 0 Å². The second kappa shape index (κ2) is 4.99. The Balaban J connectivity index is 2.17. The van der Waals surface area contributed by atoms with E-state index in [-0.39, 0.29) is 0 Å². The number of benzene rings is 1. The Bertz CT molecular complexity index is 810. The predicted molar refractivity (Wildman–Crippen MR) is 79.1 cm³/mol. The van der Waals surface area contributed by atoms with Crippen LogP contribution in [0.2, 0.25) is 0 Å². The Labute approximate surface area is 120 Å². The maximum absolute atomic E-state index is 8.90. The molecule has 0 unspecified atom stereocenters. The molecule has 0 fully saturated rings. The van der Waals surface area contributed by atoms with Crippen molar-refractivity contribution in [1.29, 1.82) is 5.26 Å². The fourth-order valence-corrected chi connectivity index (χ4v) is 3.20. The number of hydrogen-bond acceptors (Lipinski definition) is 4. The molecule has 0 atom stereocenters. The molecule has 0 bridgehead atoms. The first-order chi connectivity index (χ1) is 9.74. The van der Waals surface area contributed by atoms with Crippen LogP contribution in [0.4, 0.5) is 0 Å². The van der Waals surface area contributed by atoms with Gasteiger partial charge in [-0.3, -0.25) is 4.40 Å². The van der Waals surface area contributed by atoms with Gasteiger partial charge in [-0.1, -0.05) is 0 Å². The Kier molecular flexibility index (Phi) is 3.17. The molecule has 100 valence electrons. The van der Waals surface area contributed by atoms with E-state index in [0.29, 0.717) is 6.42 Å². The van der Waals surface area contributed by atoms with E-state index in [1.807, 2.05) is 19.1 Å². The molecule has 0 spiro atoms. The summed E-state index contributed by atoms with van der Waals surface area (Å²) < 4.78 is 7.34. The molecule has 0 amide bonds. The molecule has 2 heterocycles. The molecule has 0 saturated heterocycles. The van der Waals surface area contributed by atoms with Crippen LogP contribution in [0.1, 0.15) is 11.3 Å². The highest BCUT2D eigenvalue weighted by Gasteiger charge is 2.12. The average Bonchev–Trinajstić information content (AvgIpc) is 3.02. The number of aromatic nitrogens is 2. The van der Waals surface area contributed by atoms with Gasteiger partial charge in [0.15, 0.2) is 4.96 Å². The predicted octanol–water partition coefficient (Wildman–Crippen LogP) is 3.45. The van der Waals surface area contributed by atoms with E-state index in [1.54, 1.807) is 24.6 Å². The van der Waals surface area contributed by atoms with Crippen molar-refractivity contribution >= 4 is 16.3 Å². The first-order valence-electron chi connectivity index (χ1n) is 6.20. The van der Waals surface area contributed by atoms with Crippen molar-refractivity contribution in [2.75, 3.05) is 7.11 Å². The van der Waals surface area contributed by atoms with Crippen molar-refractivity contribution in [2.45, 2.75) is 13.3 Å². The summed E-state index contributed by atoms with van der Waals surface area (Å²) in [6.45, 7) is 2.02. The van der Waals surface area contributed by atoms with Gasteiger partial charge in [-0.05, 0) is 36.2 Å². The first-order valence-corrected chi connectivity index (χ1v) is 7.08. The third-order valence-electron chi connectivity index (χ3n) is 3.27. The lowest BCUT2D eigenvalue weighted by Crippen LogP contribution is -1.93. The Morgan fingerprint density at radius 2 is 2.30 bits per heavy atom. The van der Waals surface area contributed by atoms with Crippen molar-refractivity contribution in [3.05, 3.63) is 41.0 Å². The minimum Gasteiger partial charge on any atom is -0.496 e. The van der Waals surface area contributed by atoms with Crippen LogP contribution >= 0.6 is 11.3 Å².